The van der Waals surface area contributed by atoms with E-state index in [2.05, 4.69) is 6.92 Å². The zero-order valence-corrected chi connectivity index (χ0v) is 13.0. The Hall–Kier alpha value is -0.890. The molecule has 0 spiro atoms. The second-order valence-corrected chi connectivity index (χ2v) is 7.75. The van der Waals surface area contributed by atoms with Gasteiger partial charge in [0, 0.05) is 11.8 Å². The summed E-state index contributed by atoms with van der Waals surface area (Å²) in [5.74, 6) is 2.42. The quantitative estimate of drug-likeness (QED) is 0.744. The first-order chi connectivity index (χ1) is 10.2. The molecule has 4 atom stereocenters. The largest absolute Gasteiger partial charge is 0.395 e. The molecule has 2 fully saturated rings. The third-order valence-electron chi connectivity index (χ3n) is 7.12. The third kappa shape index (κ3) is 1.84. The first kappa shape index (κ1) is 13.8. The van der Waals surface area contributed by atoms with Gasteiger partial charge in [-0.05, 0) is 75.7 Å². The molecule has 2 nitrogen and oxygen atoms in total. The van der Waals surface area contributed by atoms with Gasteiger partial charge in [-0.3, -0.25) is 4.79 Å². The molecule has 0 aliphatic heterocycles. The maximum absolute atomic E-state index is 11.8. The molecule has 4 rings (SSSR count). The number of ketones is 1. The normalized spacial score (nSPS) is 42.3. The molecule has 0 aromatic rings. The lowest BCUT2D eigenvalue weighted by molar-refractivity contribution is -0.117. The topological polar surface area (TPSA) is 37.3 Å². The lowest BCUT2D eigenvalue weighted by Gasteiger charge is -2.54. The summed E-state index contributed by atoms with van der Waals surface area (Å²) in [6, 6.07) is 0. The van der Waals surface area contributed by atoms with Gasteiger partial charge in [-0.1, -0.05) is 16.7 Å². The van der Waals surface area contributed by atoms with E-state index in [9.17, 15) is 9.90 Å². The van der Waals surface area contributed by atoms with Gasteiger partial charge in [0.25, 0.3) is 0 Å². The van der Waals surface area contributed by atoms with Gasteiger partial charge in [0.1, 0.15) is 0 Å². The number of aliphatic hydroxyl groups excluding tert-OH is 1. The van der Waals surface area contributed by atoms with E-state index in [0.717, 1.165) is 24.7 Å². The van der Waals surface area contributed by atoms with Gasteiger partial charge in [-0.15, -0.1) is 0 Å². The molecule has 114 valence electrons. The van der Waals surface area contributed by atoms with Crippen molar-refractivity contribution in [2.45, 2.75) is 58.3 Å². The number of hydrogen-bond acceptors (Lipinski definition) is 2. The number of fused-ring (bicyclic) bond motifs is 5. The molecule has 4 aliphatic rings. The summed E-state index contributed by atoms with van der Waals surface area (Å²) in [5.41, 5.74) is 4.63. The average molecular weight is 286 g/mol. The fourth-order valence-corrected chi connectivity index (χ4v) is 6.07. The summed E-state index contributed by atoms with van der Waals surface area (Å²) in [4.78, 5) is 11.8. The van der Waals surface area contributed by atoms with E-state index in [1.807, 2.05) is 6.08 Å². The molecular formula is C19H26O2. The molecule has 0 aromatic carbocycles. The summed E-state index contributed by atoms with van der Waals surface area (Å²) in [5, 5.41) is 10.2. The molecule has 0 saturated heterocycles. The molecule has 0 heterocycles. The Morgan fingerprint density at radius 2 is 2.05 bits per heavy atom. The molecular weight excluding hydrogens is 260 g/mol. The van der Waals surface area contributed by atoms with E-state index >= 15 is 0 Å². The highest BCUT2D eigenvalue weighted by atomic mass is 16.3. The van der Waals surface area contributed by atoms with Crippen molar-refractivity contribution in [3.05, 3.63) is 22.8 Å². The minimum atomic E-state index is -0.0567. The van der Waals surface area contributed by atoms with Crippen LogP contribution in [0.4, 0.5) is 0 Å². The smallest absolute Gasteiger partial charge is 0.155 e. The van der Waals surface area contributed by atoms with Gasteiger partial charge >= 0.3 is 0 Å². The van der Waals surface area contributed by atoms with Gasteiger partial charge in [0.2, 0.25) is 0 Å². The summed E-state index contributed by atoms with van der Waals surface area (Å²) in [7, 11) is 0. The molecule has 0 aromatic heterocycles. The molecule has 21 heavy (non-hydrogen) atoms. The average Bonchev–Trinajstić information content (AvgIpc) is 2.88. The Bertz CT molecular complexity index is 542. The van der Waals surface area contributed by atoms with E-state index in [1.165, 1.54) is 37.7 Å². The van der Waals surface area contributed by atoms with Crippen molar-refractivity contribution in [1.82, 2.24) is 0 Å². The van der Waals surface area contributed by atoms with Gasteiger partial charge in [0.05, 0.1) is 6.61 Å². The first-order valence-electron chi connectivity index (χ1n) is 8.69. The number of rotatable bonds is 1. The van der Waals surface area contributed by atoms with Crippen LogP contribution in [-0.2, 0) is 4.79 Å². The zero-order valence-electron chi connectivity index (χ0n) is 13.0. The van der Waals surface area contributed by atoms with Crippen molar-refractivity contribution in [3.8, 4) is 0 Å². The van der Waals surface area contributed by atoms with Crippen LogP contribution < -0.4 is 0 Å². The molecule has 0 radical (unpaired) electrons. The molecule has 4 aliphatic carbocycles. The van der Waals surface area contributed by atoms with Gasteiger partial charge in [0.15, 0.2) is 5.78 Å². The van der Waals surface area contributed by atoms with Gasteiger partial charge in [-0.25, -0.2) is 0 Å². The Labute approximate surface area is 127 Å². The van der Waals surface area contributed by atoms with Crippen molar-refractivity contribution < 1.29 is 9.90 Å². The molecule has 0 bridgehead atoms. The minimum Gasteiger partial charge on any atom is -0.395 e. The van der Waals surface area contributed by atoms with Gasteiger partial charge in [-0.2, -0.15) is 0 Å². The van der Waals surface area contributed by atoms with Crippen molar-refractivity contribution in [3.63, 3.8) is 0 Å². The van der Waals surface area contributed by atoms with Crippen LogP contribution in [0.25, 0.3) is 0 Å². The predicted octanol–water partition coefficient (Wildman–Crippen LogP) is 3.80. The maximum atomic E-state index is 11.8. The number of aliphatic hydroxyl groups is 1. The summed E-state index contributed by atoms with van der Waals surface area (Å²) >= 11 is 0. The summed E-state index contributed by atoms with van der Waals surface area (Å²) < 4.78 is 0. The molecule has 2 heteroatoms. The molecule has 2 saturated carbocycles. The Balaban J connectivity index is 1.72. The first-order valence-corrected chi connectivity index (χ1v) is 8.69. The van der Waals surface area contributed by atoms with E-state index in [4.69, 9.17) is 0 Å². The summed E-state index contributed by atoms with van der Waals surface area (Å²) in [6.07, 6.45) is 10.8. The lowest BCUT2D eigenvalue weighted by atomic mass is 9.50. The van der Waals surface area contributed by atoms with Crippen LogP contribution in [0.2, 0.25) is 0 Å². The molecule has 1 N–H and O–H groups in total. The highest BCUT2D eigenvalue weighted by Gasteiger charge is 2.53. The monoisotopic (exact) mass is 286 g/mol. The van der Waals surface area contributed by atoms with Crippen LogP contribution in [0.5, 0.6) is 0 Å². The van der Waals surface area contributed by atoms with Crippen LogP contribution in [0, 0.1) is 23.2 Å². The van der Waals surface area contributed by atoms with Crippen LogP contribution in [0.1, 0.15) is 58.3 Å². The van der Waals surface area contributed by atoms with Crippen LogP contribution in [0.15, 0.2) is 22.8 Å². The van der Waals surface area contributed by atoms with Crippen molar-refractivity contribution >= 4 is 5.78 Å². The highest BCUT2D eigenvalue weighted by Crippen LogP contribution is 2.61. The van der Waals surface area contributed by atoms with E-state index < -0.39 is 0 Å². The zero-order chi connectivity index (χ0) is 14.6. The second kappa shape index (κ2) is 4.81. The number of carbonyl (C=O) groups excluding carboxylic acids is 1. The van der Waals surface area contributed by atoms with Crippen molar-refractivity contribution in [1.29, 1.82) is 0 Å². The Morgan fingerprint density at radius 1 is 1.19 bits per heavy atom. The van der Waals surface area contributed by atoms with Crippen molar-refractivity contribution in [2.24, 2.45) is 23.2 Å². The molecule has 0 unspecified atom stereocenters. The minimum absolute atomic E-state index is 0.0567. The molecule has 0 amide bonds. The van der Waals surface area contributed by atoms with Crippen LogP contribution in [-0.4, -0.2) is 17.5 Å². The number of allylic oxidation sites excluding steroid dienone is 3. The fraction of sp³-hybridized carbons (Fsp3) is 0.737. The highest BCUT2D eigenvalue weighted by molar-refractivity contribution is 5.91. The lowest BCUT2D eigenvalue weighted by Crippen LogP contribution is -2.49. The standard InChI is InChI=1S/C19H26O2/c1-12-2-4-16-15(12)6-7-18-17(16)5-3-13-10-14(21)8-9-19(13,18)11-20/h10,16-18,20H,2-9,11H2,1H3/t16-,17+,18+,19-/m1/s1. The Morgan fingerprint density at radius 3 is 2.86 bits per heavy atom. The number of carbonyl (C=O) groups is 1. The van der Waals surface area contributed by atoms with Crippen LogP contribution in [0.3, 0.4) is 0 Å². The summed E-state index contributed by atoms with van der Waals surface area (Å²) in [6.45, 7) is 2.57. The van der Waals surface area contributed by atoms with E-state index in [1.54, 1.807) is 11.1 Å². The number of hydrogen-bond donors (Lipinski definition) is 1. The predicted molar refractivity (Wildman–Crippen MR) is 82.7 cm³/mol. The third-order valence-corrected chi connectivity index (χ3v) is 7.12. The van der Waals surface area contributed by atoms with E-state index in [0.29, 0.717) is 12.3 Å². The van der Waals surface area contributed by atoms with E-state index in [-0.39, 0.29) is 17.8 Å². The van der Waals surface area contributed by atoms with Gasteiger partial charge < -0.3 is 5.11 Å². The maximum Gasteiger partial charge on any atom is 0.155 e. The van der Waals surface area contributed by atoms with Crippen LogP contribution >= 0.6 is 0 Å². The Kier molecular flexibility index (Phi) is 3.15. The fourth-order valence-electron chi connectivity index (χ4n) is 6.07. The van der Waals surface area contributed by atoms with Crippen molar-refractivity contribution in [2.75, 3.05) is 6.61 Å². The second-order valence-electron chi connectivity index (χ2n) is 7.75. The SMILES string of the molecule is CC1=C2CC[C@H]3[C@@H](CCC4=CC(=O)CC[C@@]43CO)[C@@H]2CC1.